The first-order valence-corrected chi connectivity index (χ1v) is 10.4. The normalized spacial score (nSPS) is 16.0. The average molecular weight is 406 g/mol. The summed E-state index contributed by atoms with van der Waals surface area (Å²) in [5, 5.41) is 5.91. The Bertz CT molecular complexity index is 1050. The summed E-state index contributed by atoms with van der Waals surface area (Å²) in [7, 11) is 0. The number of rotatable bonds is 7. The maximum atomic E-state index is 12.8. The molecule has 2 heterocycles. The second kappa shape index (κ2) is 9.09. The number of nitrogens with one attached hydrogen (secondary N) is 2. The second-order valence-electron chi connectivity index (χ2n) is 7.38. The largest absolute Gasteiger partial charge is 0.368 e. The van der Waals surface area contributed by atoms with Crippen LogP contribution in [0.25, 0.3) is 11.0 Å². The molecule has 30 heavy (non-hydrogen) atoms. The molecule has 1 atom stereocenters. The van der Waals surface area contributed by atoms with Crippen LogP contribution < -0.4 is 10.6 Å². The Kier molecular flexibility index (Phi) is 6.09. The molecule has 2 amide bonds. The minimum Gasteiger partial charge on any atom is -0.368 e. The van der Waals surface area contributed by atoms with E-state index in [0.717, 1.165) is 41.5 Å². The Morgan fingerprint density at radius 1 is 1.17 bits per heavy atom. The van der Waals surface area contributed by atoms with Crippen molar-refractivity contribution in [3.05, 3.63) is 59.9 Å². The van der Waals surface area contributed by atoms with Gasteiger partial charge in [0.2, 0.25) is 11.8 Å². The third kappa shape index (κ3) is 4.36. The van der Waals surface area contributed by atoms with Crippen LogP contribution in [-0.2, 0) is 33.8 Å². The summed E-state index contributed by atoms with van der Waals surface area (Å²) in [6.45, 7) is 3.04. The number of fused-ring (bicyclic) bond motifs is 1. The molecule has 0 saturated carbocycles. The number of imidazole rings is 1. The zero-order chi connectivity index (χ0) is 20.9. The number of anilines is 1. The molecular formula is C23H26N4O3. The summed E-state index contributed by atoms with van der Waals surface area (Å²) < 4.78 is 7.30. The Balaban J connectivity index is 1.52. The summed E-state index contributed by atoms with van der Waals surface area (Å²) in [4.78, 5) is 29.8. The molecule has 1 fully saturated rings. The van der Waals surface area contributed by atoms with Gasteiger partial charge in [0, 0.05) is 12.3 Å². The molecule has 3 aromatic rings. The number of amides is 2. The van der Waals surface area contributed by atoms with Crippen molar-refractivity contribution < 1.29 is 14.3 Å². The number of carbonyl (C=O) groups is 2. The van der Waals surface area contributed by atoms with E-state index in [1.54, 1.807) is 0 Å². The van der Waals surface area contributed by atoms with Crippen LogP contribution in [0.15, 0.2) is 48.5 Å². The van der Waals surface area contributed by atoms with E-state index in [-0.39, 0.29) is 24.9 Å². The summed E-state index contributed by atoms with van der Waals surface area (Å²) in [5.41, 5.74) is 3.56. The van der Waals surface area contributed by atoms with Crippen molar-refractivity contribution in [3.8, 4) is 0 Å². The summed E-state index contributed by atoms with van der Waals surface area (Å²) in [5.74, 6) is 0.375. The van der Waals surface area contributed by atoms with Crippen LogP contribution in [0.4, 0.5) is 5.69 Å². The number of hydrogen-bond donors (Lipinski definition) is 2. The van der Waals surface area contributed by atoms with E-state index in [1.807, 2.05) is 53.1 Å². The van der Waals surface area contributed by atoms with Crippen molar-refractivity contribution in [3.63, 3.8) is 0 Å². The number of carbonyl (C=O) groups excluding carboxylic acids is 2. The van der Waals surface area contributed by atoms with Gasteiger partial charge in [-0.3, -0.25) is 9.59 Å². The fourth-order valence-corrected chi connectivity index (χ4v) is 3.79. The van der Waals surface area contributed by atoms with Crippen LogP contribution in [0.2, 0.25) is 0 Å². The van der Waals surface area contributed by atoms with Crippen molar-refractivity contribution in [1.29, 1.82) is 0 Å². The minimum absolute atomic E-state index is 0.115. The highest BCUT2D eigenvalue weighted by Gasteiger charge is 2.24. The van der Waals surface area contributed by atoms with Crippen LogP contribution in [0.3, 0.4) is 0 Å². The van der Waals surface area contributed by atoms with Gasteiger partial charge < -0.3 is 19.9 Å². The molecule has 0 aliphatic carbocycles. The monoisotopic (exact) mass is 406 g/mol. The predicted octanol–water partition coefficient (Wildman–Crippen LogP) is 3.03. The summed E-state index contributed by atoms with van der Waals surface area (Å²) in [6, 6.07) is 15.5. The summed E-state index contributed by atoms with van der Waals surface area (Å²) in [6.07, 6.45) is 2.08. The molecule has 0 radical (unpaired) electrons. The molecule has 4 rings (SSSR count). The third-order valence-electron chi connectivity index (χ3n) is 5.35. The van der Waals surface area contributed by atoms with Crippen molar-refractivity contribution in [2.75, 3.05) is 11.9 Å². The SMILES string of the molecule is CCc1ccccc1NC(=O)Cn1c(CNC(=O)C2CCCO2)nc2ccccc21. The number of aromatic nitrogens is 2. The Morgan fingerprint density at radius 2 is 1.97 bits per heavy atom. The van der Waals surface area contributed by atoms with Crippen molar-refractivity contribution in [2.24, 2.45) is 0 Å². The Labute approximate surface area is 175 Å². The molecule has 1 aromatic heterocycles. The van der Waals surface area contributed by atoms with Gasteiger partial charge >= 0.3 is 0 Å². The van der Waals surface area contributed by atoms with Crippen molar-refractivity contribution >= 4 is 28.5 Å². The molecule has 2 N–H and O–H groups in total. The van der Waals surface area contributed by atoms with E-state index in [9.17, 15) is 9.59 Å². The smallest absolute Gasteiger partial charge is 0.249 e. The molecule has 7 heteroatoms. The Hall–Kier alpha value is -3.19. The van der Waals surface area contributed by atoms with Crippen LogP contribution in [0.1, 0.15) is 31.2 Å². The third-order valence-corrected chi connectivity index (χ3v) is 5.35. The van der Waals surface area contributed by atoms with E-state index in [0.29, 0.717) is 12.4 Å². The van der Waals surface area contributed by atoms with Crippen LogP contribution >= 0.6 is 0 Å². The maximum absolute atomic E-state index is 12.8. The van der Waals surface area contributed by atoms with Gasteiger partial charge in [0.05, 0.1) is 17.6 Å². The van der Waals surface area contributed by atoms with Gasteiger partial charge in [-0.2, -0.15) is 0 Å². The van der Waals surface area contributed by atoms with Crippen molar-refractivity contribution in [2.45, 2.75) is 45.4 Å². The van der Waals surface area contributed by atoms with Crippen LogP contribution in [-0.4, -0.2) is 34.1 Å². The lowest BCUT2D eigenvalue weighted by molar-refractivity contribution is -0.130. The first-order chi connectivity index (χ1) is 14.7. The maximum Gasteiger partial charge on any atom is 0.249 e. The predicted molar refractivity (Wildman–Crippen MR) is 115 cm³/mol. The van der Waals surface area contributed by atoms with E-state index < -0.39 is 6.10 Å². The molecule has 1 unspecified atom stereocenters. The number of benzene rings is 2. The standard InChI is InChI=1S/C23H26N4O3/c1-2-16-8-3-4-9-17(16)26-22(28)15-27-19-11-6-5-10-18(19)25-21(27)14-24-23(29)20-12-7-13-30-20/h3-6,8-11,20H,2,7,12-15H2,1H3,(H,24,29)(H,26,28). The lowest BCUT2D eigenvalue weighted by Crippen LogP contribution is -2.34. The van der Waals surface area contributed by atoms with E-state index in [4.69, 9.17) is 4.74 Å². The fraction of sp³-hybridized carbons (Fsp3) is 0.348. The van der Waals surface area contributed by atoms with Gasteiger partial charge in [-0.1, -0.05) is 37.3 Å². The molecule has 7 nitrogen and oxygen atoms in total. The molecule has 0 bridgehead atoms. The number of hydrogen-bond acceptors (Lipinski definition) is 4. The quantitative estimate of drug-likeness (QED) is 0.632. The number of ether oxygens (including phenoxy) is 1. The number of nitrogens with zero attached hydrogens (tertiary/aromatic N) is 2. The van der Waals surface area contributed by atoms with Gasteiger partial charge in [-0.05, 0) is 43.0 Å². The molecule has 1 aliphatic heterocycles. The average Bonchev–Trinajstić information content (AvgIpc) is 3.41. The highest BCUT2D eigenvalue weighted by atomic mass is 16.5. The molecule has 1 aliphatic rings. The highest BCUT2D eigenvalue weighted by Crippen LogP contribution is 2.19. The highest BCUT2D eigenvalue weighted by molar-refractivity contribution is 5.92. The van der Waals surface area contributed by atoms with E-state index in [2.05, 4.69) is 22.5 Å². The van der Waals surface area contributed by atoms with Gasteiger partial charge in [-0.25, -0.2) is 4.98 Å². The lowest BCUT2D eigenvalue weighted by Gasteiger charge is -2.13. The molecule has 0 spiro atoms. The van der Waals surface area contributed by atoms with Crippen LogP contribution in [0.5, 0.6) is 0 Å². The van der Waals surface area contributed by atoms with Gasteiger partial charge in [0.25, 0.3) is 0 Å². The Morgan fingerprint density at radius 3 is 2.77 bits per heavy atom. The molecule has 1 saturated heterocycles. The zero-order valence-electron chi connectivity index (χ0n) is 17.1. The topological polar surface area (TPSA) is 85.2 Å². The van der Waals surface area contributed by atoms with Gasteiger partial charge in [-0.15, -0.1) is 0 Å². The molecule has 2 aromatic carbocycles. The molecular weight excluding hydrogens is 380 g/mol. The zero-order valence-corrected chi connectivity index (χ0v) is 17.1. The van der Waals surface area contributed by atoms with Crippen molar-refractivity contribution in [1.82, 2.24) is 14.9 Å². The van der Waals surface area contributed by atoms with E-state index >= 15 is 0 Å². The number of aryl methyl sites for hydroxylation is 1. The second-order valence-corrected chi connectivity index (χ2v) is 7.38. The van der Waals surface area contributed by atoms with Crippen LogP contribution in [0, 0.1) is 0 Å². The first-order valence-electron chi connectivity index (χ1n) is 10.4. The minimum atomic E-state index is -0.392. The van der Waals surface area contributed by atoms with E-state index in [1.165, 1.54) is 0 Å². The lowest BCUT2D eigenvalue weighted by atomic mass is 10.1. The van der Waals surface area contributed by atoms with Gasteiger partial charge in [0.1, 0.15) is 18.5 Å². The summed E-state index contributed by atoms with van der Waals surface area (Å²) >= 11 is 0. The van der Waals surface area contributed by atoms with Gasteiger partial charge in [0.15, 0.2) is 0 Å². The number of para-hydroxylation sites is 3. The first kappa shape index (κ1) is 20.1. The fourth-order valence-electron chi connectivity index (χ4n) is 3.79. The molecule has 156 valence electrons.